The van der Waals surface area contributed by atoms with Gasteiger partial charge >= 0.3 is 5.97 Å². The van der Waals surface area contributed by atoms with Gasteiger partial charge in [0.15, 0.2) is 0 Å². The minimum Gasteiger partial charge on any atom is -0.466 e. The van der Waals surface area contributed by atoms with E-state index in [1.165, 1.54) is 0 Å². The van der Waals surface area contributed by atoms with Crippen LogP contribution in [-0.2, 0) is 16.1 Å². The van der Waals surface area contributed by atoms with Crippen molar-refractivity contribution in [2.75, 3.05) is 6.61 Å². The number of hydrogen-bond acceptors (Lipinski definition) is 3. The van der Waals surface area contributed by atoms with E-state index in [0.717, 1.165) is 23.1 Å². The first-order chi connectivity index (χ1) is 7.13. The summed E-state index contributed by atoms with van der Waals surface area (Å²) in [5.74, 6) is -0.138. The molecule has 1 aromatic rings. The topological polar surface area (TPSA) is 44.1 Å². The maximum atomic E-state index is 11.0. The molecule has 84 valence electrons. The average molecular weight is 275 g/mol. The minimum absolute atomic E-state index is 0.138. The zero-order chi connectivity index (χ0) is 11.3. The lowest BCUT2D eigenvalue weighted by Gasteiger charge is -2.01. The summed E-state index contributed by atoms with van der Waals surface area (Å²) < 4.78 is 7.66. The predicted molar refractivity (Wildman–Crippen MR) is 60.5 cm³/mol. The summed E-state index contributed by atoms with van der Waals surface area (Å²) in [5, 5.41) is 4.27. The zero-order valence-electron chi connectivity index (χ0n) is 8.99. The lowest BCUT2D eigenvalue weighted by molar-refractivity contribution is -0.143. The molecule has 1 aromatic heterocycles. The second-order valence-electron chi connectivity index (χ2n) is 3.23. The Kier molecular flexibility index (Phi) is 4.81. The van der Waals surface area contributed by atoms with Gasteiger partial charge in [0.2, 0.25) is 0 Å². The van der Waals surface area contributed by atoms with Crippen molar-refractivity contribution in [2.24, 2.45) is 0 Å². The molecule has 0 unspecified atom stereocenters. The van der Waals surface area contributed by atoms with Crippen molar-refractivity contribution in [3.8, 4) is 0 Å². The number of nitrogens with zero attached hydrogens (tertiary/aromatic N) is 2. The van der Waals surface area contributed by atoms with Crippen molar-refractivity contribution in [1.82, 2.24) is 9.78 Å². The lowest BCUT2D eigenvalue weighted by atomic mass is 10.3. The summed E-state index contributed by atoms with van der Waals surface area (Å²) in [6.07, 6.45) is 3.12. The first kappa shape index (κ1) is 12.2. The summed E-state index contributed by atoms with van der Waals surface area (Å²) in [5.41, 5.74) is 0.964. The molecule has 15 heavy (non-hydrogen) atoms. The van der Waals surface area contributed by atoms with E-state index in [2.05, 4.69) is 21.0 Å². The molecular weight excluding hydrogens is 260 g/mol. The Balaban J connectivity index is 2.28. The van der Waals surface area contributed by atoms with Crippen LogP contribution in [0, 0.1) is 6.92 Å². The quantitative estimate of drug-likeness (QED) is 0.774. The van der Waals surface area contributed by atoms with Gasteiger partial charge in [0, 0.05) is 19.2 Å². The third-order valence-corrected chi connectivity index (χ3v) is 2.74. The van der Waals surface area contributed by atoms with Crippen LogP contribution in [0.4, 0.5) is 0 Å². The number of carbonyl (C=O) groups excluding carboxylic acids is 1. The Hall–Kier alpha value is -0.840. The number of hydrogen-bond donors (Lipinski definition) is 0. The first-order valence-corrected chi connectivity index (χ1v) is 5.78. The fourth-order valence-electron chi connectivity index (χ4n) is 1.23. The van der Waals surface area contributed by atoms with E-state index in [0.29, 0.717) is 13.0 Å². The number of esters is 1. The second kappa shape index (κ2) is 5.90. The van der Waals surface area contributed by atoms with Crippen LogP contribution < -0.4 is 0 Å². The average Bonchev–Trinajstić information content (AvgIpc) is 2.46. The molecule has 1 heterocycles. The van der Waals surface area contributed by atoms with Gasteiger partial charge in [0.1, 0.15) is 0 Å². The lowest BCUT2D eigenvalue weighted by Crippen LogP contribution is -2.06. The molecule has 0 N–H and O–H groups in total. The second-order valence-corrected chi connectivity index (χ2v) is 4.09. The van der Waals surface area contributed by atoms with Crippen molar-refractivity contribution in [3.05, 3.63) is 16.4 Å². The highest BCUT2D eigenvalue weighted by Gasteiger charge is 2.04. The molecule has 0 radical (unpaired) electrons. The van der Waals surface area contributed by atoms with Crippen LogP contribution in [0.2, 0.25) is 0 Å². The molecule has 0 aromatic carbocycles. The molecule has 0 atom stereocenters. The summed E-state index contributed by atoms with van der Waals surface area (Å²) in [6, 6.07) is 0. The molecule has 0 aliphatic rings. The number of ether oxygens (including phenoxy) is 1. The number of aromatic nitrogens is 2. The SMILES string of the molecule is CCOC(=O)CCCn1cc(Br)c(C)n1. The number of halogens is 1. The standard InChI is InChI=1S/C10H15BrN2O2/c1-3-15-10(14)5-4-6-13-7-9(11)8(2)12-13/h7H,3-6H2,1-2H3. The third-order valence-electron chi connectivity index (χ3n) is 1.96. The van der Waals surface area contributed by atoms with Crippen LogP contribution in [0.3, 0.4) is 0 Å². The third kappa shape index (κ3) is 4.03. The zero-order valence-corrected chi connectivity index (χ0v) is 10.6. The normalized spacial score (nSPS) is 10.3. The fraction of sp³-hybridized carbons (Fsp3) is 0.600. The summed E-state index contributed by atoms with van der Waals surface area (Å²) in [6.45, 7) is 4.94. The van der Waals surface area contributed by atoms with E-state index in [1.807, 2.05) is 24.7 Å². The van der Waals surface area contributed by atoms with Crippen molar-refractivity contribution >= 4 is 21.9 Å². The predicted octanol–water partition coefficient (Wildman–Crippen LogP) is 2.30. The smallest absolute Gasteiger partial charge is 0.305 e. The summed E-state index contributed by atoms with van der Waals surface area (Å²) >= 11 is 3.39. The van der Waals surface area contributed by atoms with Crippen LogP contribution in [0.15, 0.2) is 10.7 Å². The largest absolute Gasteiger partial charge is 0.466 e. The van der Waals surface area contributed by atoms with Gasteiger partial charge in [-0.25, -0.2) is 0 Å². The van der Waals surface area contributed by atoms with Gasteiger partial charge < -0.3 is 4.74 Å². The Morgan fingerprint density at radius 3 is 2.93 bits per heavy atom. The van der Waals surface area contributed by atoms with Gasteiger partial charge in [0.25, 0.3) is 0 Å². The molecule has 5 heteroatoms. The van der Waals surface area contributed by atoms with Crippen LogP contribution in [0.1, 0.15) is 25.5 Å². The maximum Gasteiger partial charge on any atom is 0.305 e. The van der Waals surface area contributed by atoms with E-state index >= 15 is 0 Å². The Morgan fingerprint density at radius 1 is 1.67 bits per heavy atom. The summed E-state index contributed by atoms with van der Waals surface area (Å²) in [7, 11) is 0. The fourth-order valence-corrected chi connectivity index (χ4v) is 1.54. The molecule has 4 nitrogen and oxygen atoms in total. The maximum absolute atomic E-state index is 11.0. The molecule has 0 aliphatic carbocycles. The van der Waals surface area contributed by atoms with Crippen molar-refractivity contribution in [2.45, 2.75) is 33.2 Å². The van der Waals surface area contributed by atoms with Crippen LogP contribution in [-0.4, -0.2) is 22.4 Å². The Morgan fingerprint density at radius 2 is 2.40 bits per heavy atom. The molecule has 0 saturated carbocycles. The molecule has 0 saturated heterocycles. The molecule has 0 amide bonds. The molecule has 0 bridgehead atoms. The van der Waals surface area contributed by atoms with Gasteiger partial charge in [-0.2, -0.15) is 5.10 Å². The minimum atomic E-state index is -0.138. The molecule has 1 rings (SSSR count). The highest BCUT2D eigenvalue weighted by Crippen LogP contribution is 2.13. The monoisotopic (exact) mass is 274 g/mol. The first-order valence-electron chi connectivity index (χ1n) is 4.98. The molecular formula is C10H15BrN2O2. The van der Waals surface area contributed by atoms with Crippen LogP contribution >= 0.6 is 15.9 Å². The van der Waals surface area contributed by atoms with Crippen LogP contribution in [0.5, 0.6) is 0 Å². The highest BCUT2D eigenvalue weighted by molar-refractivity contribution is 9.10. The van der Waals surface area contributed by atoms with E-state index in [-0.39, 0.29) is 5.97 Å². The van der Waals surface area contributed by atoms with Crippen molar-refractivity contribution in [1.29, 1.82) is 0 Å². The van der Waals surface area contributed by atoms with Gasteiger partial charge in [-0.15, -0.1) is 0 Å². The Labute approximate surface area is 97.7 Å². The van der Waals surface area contributed by atoms with E-state index in [4.69, 9.17) is 4.74 Å². The van der Waals surface area contributed by atoms with Gasteiger partial charge in [-0.1, -0.05) is 0 Å². The molecule has 0 spiro atoms. The highest BCUT2D eigenvalue weighted by atomic mass is 79.9. The van der Waals surface area contributed by atoms with E-state index in [1.54, 1.807) is 0 Å². The summed E-state index contributed by atoms with van der Waals surface area (Å²) in [4.78, 5) is 11.0. The van der Waals surface area contributed by atoms with Crippen molar-refractivity contribution < 1.29 is 9.53 Å². The number of carbonyl (C=O) groups is 1. The molecule has 0 fully saturated rings. The van der Waals surface area contributed by atoms with Gasteiger partial charge in [-0.3, -0.25) is 9.48 Å². The Bertz CT molecular complexity index is 317. The van der Waals surface area contributed by atoms with E-state index in [9.17, 15) is 4.79 Å². The van der Waals surface area contributed by atoms with E-state index < -0.39 is 0 Å². The number of rotatable bonds is 5. The molecule has 0 aliphatic heterocycles. The van der Waals surface area contributed by atoms with Crippen molar-refractivity contribution in [3.63, 3.8) is 0 Å². The number of aryl methyl sites for hydroxylation is 2. The van der Waals surface area contributed by atoms with Gasteiger partial charge in [0.05, 0.1) is 16.8 Å². The van der Waals surface area contributed by atoms with Crippen LogP contribution in [0.25, 0.3) is 0 Å². The van der Waals surface area contributed by atoms with Gasteiger partial charge in [-0.05, 0) is 36.2 Å².